The highest BCUT2D eigenvalue weighted by molar-refractivity contribution is 6.29. The molecule has 2 aliphatic heterocycles. The minimum Gasteiger partial charge on any atom is -0.361 e. The van der Waals surface area contributed by atoms with Crippen LogP contribution in [0.5, 0.6) is 0 Å². The number of carbonyl (C=O) groups is 2. The van der Waals surface area contributed by atoms with E-state index in [4.69, 9.17) is 16.1 Å². The Bertz CT molecular complexity index is 893. The summed E-state index contributed by atoms with van der Waals surface area (Å²) >= 11 is 5.90. The molecule has 27 heavy (non-hydrogen) atoms. The van der Waals surface area contributed by atoms with Crippen LogP contribution in [-0.2, 0) is 11.3 Å². The number of aromatic nitrogens is 2. The van der Waals surface area contributed by atoms with Crippen molar-refractivity contribution in [2.24, 2.45) is 5.41 Å². The highest BCUT2D eigenvalue weighted by Gasteiger charge is 2.48. The van der Waals surface area contributed by atoms with Gasteiger partial charge in [-0.05, 0) is 32.4 Å². The van der Waals surface area contributed by atoms with Gasteiger partial charge in [0.25, 0.3) is 5.91 Å². The average molecular weight is 389 g/mol. The van der Waals surface area contributed by atoms with Gasteiger partial charge in [-0.3, -0.25) is 9.59 Å². The predicted molar refractivity (Wildman–Crippen MR) is 98.2 cm³/mol. The molecule has 8 heteroatoms. The molecule has 0 radical (unpaired) electrons. The number of hydrogen-bond acceptors (Lipinski definition) is 5. The molecular formula is C19H21ClN4O3. The predicted octanol–water partition coefficient (Wildman–Crippen LogP) is 2.60. The lowest BCUT2D eigenvalue weighted by atomic mass is 9.86. The van der Waals surface area contributed by atoms with Gasteiger partial charge in [0.1, 0.15) is 16.6 Å². The minimum absolute atomic E-state index is 0.116. The molecule has 2 amide bonds. The Hall–Kier alpha value is -2.41. The van der Waals surface area contributed by atoms with Gasteiger partial charge in [0.2, 0.25) is 5.91 Å². The second-order valence-corrected chi connectivity index (χ2v) is 7.94. The summed E-state index contributed by atoms with van der Waals surface area (Å²) in [4.78, 5) is 33.1. The molecule has 7 nitrogen and oxygen atoms in total. The average Bonchev–Trinajstić information content (AvgIpc) is 3.28. The summed E-state index contributed by atoms with van der Waals surface area (Å²) < 4.78 is 5.21. The van der Waals surface area contributed by atoms with Crippen molar-refractivity contribution in [1.29, 1.82) is 0 Å². The van der Waals surface area contributed by atoms with Crippen LogP contribution in [0.15, 0.2) is 22.7 Å². The van der Waals surface area contributed by atoms with Crippen molar-refractivity contribution in [2.75, 3.05) is 19.6 Å². The molecule has 1 unspecified atom stereocenters. The van der Waals surface area contributed by atoms with Crippen molar-refractivity contribution in [2.45, 2.75) is 33.2 Å². The molecule has 142 valence electrons. The molecule has 2 aliphatic rings. The van der Waals surface area contributed by atoms with E-state index in [1.807, 2.05) is 18.7 Å². The molecule has 0 bridgehead atoms. The smallest absolute Gasteiger partial charge is 0.272 e. The Morgan fingerprint density at radius 1 is 1.33 bits per heavy atom. The molecule has 0 saturated carbocycles. The summed E-state index contributed by atoms with van der Waals surface area (Å²) in [6, 6.07) is 5.04. The molecule has 2 fully saturated rings. The fourth-order valence-electron chi connectivity index (χ4n) is 4.12. The number of nitrogens with zero attached hydrogens (tertiary/aromatic N) is 4. The molecule has 0 aliphatic carbocycles. The van der Waals surface area contributed by atoms with Gasteiger partial charge >= 0.3 is 0 Å². The lowest BCUT2D eigenvalue weighted by molar-refractivity contribution is -0.128. The van der Waals surface area contributed by atoms with Gasteiger partial charge < -0.3 is 14.3 Å². The molecule has 1 spiro atoms. The van der Waals surface area contributed by atoms with Gasteiger partial charge in [-0.1, -0.05) is 22.8 Å². The normalized spacial score (nSPS) is 22.3. The molecule has 4 heterocycles. The standard InChI is InChI=1S/C19H21ClN4O3/c1-12-14(13(2)27-22-12)9-24-11-19(8-17(24)25)6-7-23(10-19)18(26)15-4-3-5-16(20)21-15/h3-5H,6-11H2,1-2H3. The van der Waals surface area contributed by atoms with E-state index in [0.29, 0.717) is 43.4 Å². The second kappa shape index (κ2) is 6.64. The molecule has 1 atom stereocenters. The largest absolute Gasteiger partial charge is 0.361 e. The molecular weight excluding hydrogens is 368 g/mol. The third-order valence-corrected chi connectivity index (χ3v) is 5.81. The van der Waals surface area contributed by atoms with E-state index < -0.39 is 0 Å². The number of likely N-dealkylation sites (tertiary alicyclic amines) is 2. The third kappa shape index (κ3) is 3.32. The third-order valence-electron chi connectivity index (χ3n) is 5.60. The highest BCUT2D eigenvalue weighted by Crippen LogP contribution is 2.41. The van der Waals surface area contributed by atoms with Crippen LogP contribution < -0.4 is 0 Å². The first kappa shape index (κ1) is 18.0. The molecule has 2 aromatic rings. The van der Waals surface area contributed by atoms with Gasteiger partial charge in [0.15, 0.2) is 0 Å². The Morgan fingerprint density at radius 3 is 2.85 bits per heavy atom. The molecule has 2 saturated heterocycles. The van der Waals surface area contributed by atoms with Crippen LogP contribution >= 0.6 is 11.6 Å². The molecule has 2 aromatic heterocycles. The van der Waals surface area contributed by atoms with E-state index in [1.54, 1.807) is 23.1 Å². The Labute approximate surface area is 162 Å². The summed E-state index contributed by atoms with van der Waals surface area (Å²) in [5.41, 5.74) is 1.94. The number of aryl methyl sites for hydroxylation is 2. The fraction of sp³-hybridized carbons (Fsp3) is 0.474. The summed E-state index contributed by atoms with van der Waals surface area (Å²) in [5.74, 6) is 0.729. The summed E-state index contributed by atoms with van der Waals surface area (Å²) in [7, 11) is 0. The summed E-state index contributed by atoms with van der Waals surface area (Å²) in [5, 5.41) is 4.27. The second-order valence-electron chi connectivity index (χ2n) is 7.55. The lowest BCUT2D eigenvalue weighted by Gasteiger charge is -2.24. The van der Waals surface area contributed by atoms with Crippen molar-refractivity contribution in [3.8, 4) is 0 Å². The molecule has 0 N–H and O–H groups in total. The number of pyridine rings is 1. The van der Waals surface area contributed by atoms with Crippen LogP contribution in [0, 0.1) is 19.3 Å². The van der Waals surface area contributed by atoms with Gasteiger partial charge in [-0.15, -0.1) is 0 Å². The maximum absolute atomic E-state index is 12.7. The number of rotatable bonds is 3. The minimum atomic E-state index is -0.190. The lowest BCUT2D eigenvalue weighted by Crippen LogP contribution is -2.34. The van der Waals surface area contributed by atoms with E-state index in [0.717, 1.165) is 23.4 Å². The van der Waals surface area contributed by atoms with E-state index in [2.05, 4.69) is 10.1 Å². The number of hydrogen-bond donors (Lipinski definition) is 0. The van der Waals surface area contributed by atoms with Crippen LogP contribution in [0.1, 0.15) is 40.3 Å². The molecule has 0 aromatic carbocycles. The van der Waals surface area contributed by atoms with Crippen molar-refractivity contribution in [3.63, 3.8) is 0 Å². The van der Waals surface area contributed by atoms with E-state index in [1.165, 1.54) is 0 Å². The van der Waals surface area contributed by atoms with Crippen molar-refractivity contribution in [3.05, 3.63) is 46.1 Å². The van der Waals surface area contributed by atoms with Gasteiger partial charge in [-0.2, -0.15) is 0 Å². The van der Waals surface area contributed by atoms with E-state index in [9.17, 15) is 9.59 Å². The number of carbonyl (C=O) groups excluding carboxylic acids is 2. The van der Waals surface area contributed by atoms with Crippen LogP contribution in [0.3, 0.4) is 0 Å². The maximum atomic E-state index is 12.7. The van der Waals surface area contributed by atoms with Crippen LogP contribution in [0.4, 0.5) is 0 Å². The summed E-state index contributed by atoms with van der Waals surface area (Å²) in [6.45, 7) is 6.08. The van der Waals surface area contributed by atoms with Crippen LogP contribution in [-0.4, -0.2) is 51.4 Å². The summed E-state index contributed by atoms with van der Waals surface area (Å²) in [6.07, 6.45) is 1.27. The van der Waals surface area contributed by atoms with Gasteiger partial charge in [-0.25, -0.2) is 4.98 Å². The topological polar surface area (TPSA) is 79.5 Å². The zero-order chi connectivity index (χ0) is 19.2. The van der Waals surface area contributed by atoms with Crippen molar-refractivity contribution in [1.82, 2.24) is 19.9 Å². The van der Waals surface area contributed by atoms with Crippen LogP contribution in [0.2, 0.25) is 5.15 Å². The molecule has 4 rings (SSSR count). The van der Waals surface area contributed by atoms with Gasteiger partial charge in [0.05, 0.1) is 12.2 Å². The van der Waals surface area contributed by atoms with Gasteiger partial charge in [0, 0.05) is 37.0 Å². The highest BCUT2D eigenvalue weighted by atomic mass is 35.5. The van der Waals surface area contributed by atoms with Crippen LogP contribution in [0.25, 0.3) is 0 Å². The first-order chi connectivity index (χ1) is 12.9. The Morgan fingerprint density at radius 2 is 2.15 bits per heavy atom. The number of amides is 2. The zero-order valence-corrected chi connectivity index (χ0v) is 16.1. The Kier molecular flexibility index (Phi) is 4.42. The van der Waals surface area contributed by atoms with E-state index in [-0.39, 0.29) is 17.2 Å². The van der Waals surface area contributed by atoms with E-state index >= 15 is 0 Å². The maximum Gasteiger partial charge on any atom is 0.272 e. The van der Waals surface area contributed by atoms with Crippen molar-refractivity contribution >= 4 is 23.4 Å². The SMILES string of the molecule is Cc1noc(C)c1CN1CC2(CCN(C(=O)c3cccc(Cl)n3)C2)CC1=O. The first-order valence-electron chi connectivity index (χ1n) is 8.98. The first-order valence-corrected chi connectivity index (χ1v) is 9.36. The monoisotopic (exact) mass is 388 g/mol. The zero-order valence-electron chi connectivity index (χ0n) is 15.4. The number of halogens is 1. The fourth-order valence-corrected chi connectivity index (χ4v) is 4.28. The van der Waals surface area contributed by atoms with Crippen molar-refractivity contribution < 1.29 is 14.1 Å². The Balaban J connectivity index is 1.46. The quantitative estimate of drug-likeness (QED) is 0.755.